The van der Waals surface area contributed by atoms with Crippen LogP contribution >= 0.6 is 0 Å². The molecule has 0 bridgehead atoms. The molecule has 8 nitrogen and oxygen atoms in total. The zero-order valence-electron chi connectivity index (χ0n) is 19.4. The first-order chi connectivity index (χ1) is 14.9. The molecule has 2 saturated carbocycles. The maximum absolute atomic E-state index is 12.6. The molecule has 3 rings (SSSR count). The zero-order valence-corrected chi connectivity index (χ0v) is 19.4. The first-order valence-electron chi connectivity index (χ1n) is 11.6. The number of hydrogen-bond donors (Lipinski definition) is 3. The van der Waals surface area contributed by atoms with Crippen LogP contribution in [0, 0.1) is 5.92 Å². The fourth-order valence-electron chi connectivity index (χ4n) is 5.06. The summed E-state index contributed by atoms with van der Waals surface area (Å²) in [5.41, 5.74) is 1.16. The highest BCUT2D eigenvalue weighted by Gasteiger charge is 2.58. The molecule has 0 aromatic rings. The summed E-state index contributed by atoms with van der Waals surface area (Å²) in [6, 6.07) is 0.255. The largest absolute Gasteiger partial charge is 0.443 e. The number of methoxy groups -OCH3 is 1. The Labute approximate surface area is 185 Å². The number of hydrogen-bond acceptors (Lipinski definition) is 6. The highest BCUT2D eigenvalue weighted by Crippen LogP contribution is 2.49. The van der Waals surface area contributed by atoms with Crippen molar-refractivity contribution in [3.63, 3.8) is 0 Å². The second kappa shape index (κ2) is 10.8. The van der Waals surface area contributed by atoms with Gasteiger partial charge in [-0.2, -0.15) is 0 Å². The number of nitrogens with one attached hydrogen (secondary N) is 3. The third-order valence-electron chi connectivity index (χ3n) is 6.87. The Kier molecular flexibility index (Phi) is 8.36. The second-order valence-electron chi connectivity index (χ2n) is 9.45. The van der Waals surface area contributed by atoms with Crippen LogP contribution in [-0.2, 0) is 19.0 Å². The van der Waals surface area contributed by atoms with Gasteiger partial charge in [-0.3, -0.25) is 4.79 Å². The number of alkyl carbamates (subject to hydrolysis) is 1. The number of carbonyl (C=O) groups is 2. The van der Waals surface area contributed by atoms with Gasteiger partial charge >= 0.3 is 6.09 Å². The summed E-state index contributed by atoms with van der Waals surface area (Å²) in [6.45, 7) is 5.27. The van der Waals surface area contributed by atoms with Crippen molar-refractivity contribution in [2.45, 2.75) is 88.7 Å². The van der Waals surface area contributed by atoms with Crippen molar-refractivity contribution in [3.8, 4) is 0 Å². The molecule has 8 heteroatoms. The van der Waals surface area contributed by atoms with E-state index in [2.05, 4.69) is 35.9 Å². The zero-order chi connectivity index (χ0) is 22.4. The maximum Gasteiger partial charge on any atom is 0.407 e. The van der Waals surface area contributed by atoms with Crippen LogP contribution in [0.3, 0.4) is 0 Å². The topological polar surface area (TPSA) is 101 Å². The van der Waals surface area contributed by atoms with Gasteiger partial charge in [0.1, 0.15) is 12.2 Å². The van der Waals surface area contributed by atoms with Crippen LogP contribution in [0.5, 0.6) is 0 Å². The Morgan fingerprint density at radius 2 is 1.74 bits per heavy atom. The van der Waals surface area contributed by atoms with Gasteiger partial charge in [0.2, 0.25) is 5.91 Å². The smallest absolute Gasteiger partial charge is 0.407 e. The predicted molar refractivity (Wildman–Crippen MR) is 118 cm³/mol. The standard InChI is InChI=1S/C23H39N3O5/c1-15(2)5-10-18-21(29-4)19(11-12-23(18)14-30-23)31-22(28)26-17-8-6-16(7-9-17)25-20(27)13-24-3/h5,16-19,21,24H,6-14H2,1-4H3,(H,25,27)(H,26,28). The summed E-state index contributed by atoms with van der Waals surface area (Å²) < 4.78 is 17.5. The van der Waals surface area contributed by atoms with Crippen molar-refractivity contribution in [1.82, 2.24) is 16.0 Å². The molecule has 3 fully saturated rings. The minimum Gasteiger partial charge on any atom is -0.443 e. The average molecular weight is 438 g/mol. The van der Waals surface area contributed by atoms with Gasteiger partial charge in [0.05, 0.1) is 18.8 Å². The lowest BCUT2D eigenvalue weighted by molar-refractivity contribution is -0.121. The Balaban J connectivity index is 1.47. The number of allylic oxidation sites excluding steroid dienone is 2. The lowest BCUT2D eigenvalue weighted by Gasteiger charge is -2.40. The molecule has 2 aliphatic carbocycles. The fraction of sp³-hybridized carbons (Fsp3) is 0.826. The quantitative estimate of drug-likeness (QED) is 0.398. The Morgan fingerprint density at radius 1 is 1.10 bits per heavy atom. The molecule has 176 valence electrons. The highest BCUT2D eigenvalue weighted by atomic mass is 16.6. The first-order valence-corrected chi connectivity index (χ1v) is 11.6. The van der Waals surface area contributed by atoms with Gasteiger partial charge in [0.15, 0.2) is 0 Å². The van der Waals surface area contributed by atoms with Gasteiger partial charge in [-0.25, -0.2) is 4.79 Å². The van der Waals surface area contributed by atoms with Crippen molar-refractivity contribution in [1.29, 1.82) is 0 Å². The average Bonchev–Trinajstić information content (AvgIpc) is 3.50. The van der Waals surface area contributed by atoms with Crippen molar-refractivity contribution in [3.05, 3.63) is 11.6 Å². The van der Waals surface area contributed by atoms with E-state index in [0.29, 0.717) is 6.54 Å². The van der Waals surface area contributed by atoms with Gasteiger partial charge in [0.25, 0.3) is 0 Å². The molecule has 1 aliphatic heterocycles. The summed E-state index contributed by atoms with van der Waals surface area (Å²) in [5.74, 6) is 0.205. The lowest BCUT2D eigenvalue weighted by atomic mass is 9.73. The van der Waals surface area contributed by atoms with E-state index in [1.54, 1.807) is 14.2 Å². The van der Waals surface area contributed by atoms with E-state index in [-0.39, 0.29) is 47.8 Å². The van der Waals surface area contributed by atoms with Crippen molar-refractivity contribution < 1.29 is 23.8 Å². The minimum absolute atomic E-state index is 0.0151. The third-order valence-corrected chi connectivity index (χ3v) is 6.87. The Hall–Kier alpha value is -1.64. The molecule has 0 aromatic carbocycles. The maximum atomic E-state index is 12.6. The number of rotatable bonds is 8. The number of ether oxygens (including phenoxy) is 3. The highest BCUT2D eigenvalue weighted by molar-refractivity contribution is 5.78. The van der Waals surface area contributed by atoms with Crippen LogP contribution in [0.1, 0.15) is 58.8 Å². The van der Waals surface area contributed by atoms with Crippen LogP contribution < -0.4 is 16.0 Å². The van der Waals surface area contributed by atoms with Crippen molar-refractivity contribution in [2.24, 2.45) is 5.92 Å². The van der Waals surface area contributed by atoms with Crippen LogP contribution in [-0.4, -0.2) is 69.2 Å². The number of likely N-dealkylation sites (N-methyl/N-ethyl adjacent to an activating group) is 1. The third kappa shape index (κ3) is 6.43. The van der Waals surface area contributed by atoms with Gasteiger partial charge in [-0.15, -0.1) is 0 Å². The number of amides is 2. The molecular formula is C23H39N3O5. The van der Waals surface area contributed by atoms with Gasteiger partial charge in [-0.1, -0.05) is 11.6 Å². The number of epoxide rings is 1. The summed E-state index contributed by atoms with van der Waals surface area (Å²) in [5, 5.41) is 8.92. The van der Waals surface area contributed by atoms with E-state index in [1.807, 2.05) is 0 Å². The SMILES string of the molecule is CNCC(=O)NC1CCC(NC(=O)OC2CCC3(CO3)C(CC=C(C)C)C2OC)CC1. The summed E-state index contributed by atoms with van der Waals surface area (Å²) in [7, 11) is 3.45. The fourth-order valence-corrected chi connectivity index (χ4v) is 5.06. The van der Waals surface area contributed by atoms with Crippen molar-refractivity contribution >= 4 is 12.0 Å². The molecule has 2 amide bonds. The summed E-state index contributed by atoms with van der Waals surface area (Å²) in [4.78, 5) is 24.3. The van der Waals surface area contributed by atoms with Crippen molar-refractivity contribution in [2.75, 3.05) is 27.3 Å². The van der Waals surface area contributed by atoms with Gasteiger partial charge in [0, 0.05) is 25.1 Å². The summed E-state index contributed by atoms with van der Waals surface area (Å²) in [6.07, 6.45) is 7.29. The molecule has 4 atom stereocenters. The molecule has 0 radical (unpaired) electrons. The van der Waals surface area contributed by atoms with Gasteiger partial charge in [-0.05, 0) is 65.8 Å². The molecule has 31 heavy (non-hydrogen) atoms. The molecule has 3 aliphatic rings. The van der Waals surface area contributed by atoms with E-state index in [1.165, 1.54) is 5.57 Å². The summed E-state index contributed by atoms with van der Waals surface area (Å²) >= 11 is 0. The number of carbonyl (C=O) groups excluding carboxylic acids is 2. The first kappa shape index (κ1) is 24.0. The molecule has 3 N–H and O–H groups in total. The molecule has 0 aromatic heterocycles. The Bertz CT molecular complexity index is 652. The van der Waals surface area contributed by atoms with Crippen LogP contribution in [0.25, 0.3) is 0 Å². The predicted octanol–water partition coefficient (Wildman–Crippen LogP) is 2.28. The monoisotopic (exact) mass is 437 g/mol. The van der Waals surface area contributed by atoms with E-state index in [4.69, 9.17) is 14.2 Å². The van der Waals surface area contributed by atoms with E-state index in [0.717, 1.165) is 51.6 Å². The minimum atomic E-state index is -0.372. The lowest BCUT2D eigenvalue weighted by Crippen LogP contribution is -2.51. The Morgan fingerprint density at radius 3 is 2.29 bits per heavy atom. The van der Waals surface area contributed by atoms with E-state index < -0.39 is 0 Å². The van der Waals surface area contributed by atoms with Gasteiger partial charge < -0.3 is 30.2 Å². The van der Waals surface area contributed by atoms with E-state index >= 15 is 0 Å². The van der Waals surface area contributed by atoms with Crippen LogP contribution in [0.4, 0.5) is 4.79 Å². The molecule has 1 heterocycles. The normalized spacial score (nSPS) is 34.6. The van der Waals surface area contributed by atoms with E-state index in [9.17, 15) is 9.59 Å². The van der Waals surface area contributed by atoms with Crippen LogP contribution in [0.15, 0.2) is 11.6 Å². The molecule has 1 spiro atoms. The molecule has 1 saturated heterocycles. The van der Waals surface area contributed by atoms with Crippen LogP contribution in [0.2, 0.25) is 0 Å². The molecular weight excluding hydrogens is 398 g/mol. The molecule has 4 unspecified atom stereocenters. The second-order valence-corrected chi connectivity index (χ2v) is 9.45.